The van der Waals surface area contributed by atoms with Crippen LogP contribution in [0.1, 0.15) is 47.6 Å². The number of rotatable bonds is 5. The Morgan fingerprint density at radius 1 is 1.06 bits per heavy atom. The molecule has 0 bridgehead atoms. The lowest BCUT2D eigenvalue weighted by atomic mass is 10.2. The van der Waals surface area contributed by atoms with Gasteiger partial charge in [0.25, 0.3) is 5.91 Å². The number of amides is 1. The molecule has 1 aliphatic carbocycles. The Labute approximate surface area is 204 Å². The number of pyridine rings is 2. The van der Waals surface area contributed by atoms with Crippen LogP contribution in [0.25, 0.3) is 16.9 Å². The van der Waals surface area contributed by atoms with E-state index < -0.39 is 12.1 Å². The summed E-state index contributed by atoms with van der Waals surface area (Å²) in [6.07, 6.45) is 7.11. The first-order chi connectivity index (χ1) is 17.3. The Kier molecular flexibility index (Phi) is 7.37. The third kappa shape index (κ3) is 5.56. The summed E-state index contributed by atoms with van der Waals surface area (Å²) in [5.74, 6) is -2.84. The number of fused-ring (bicyclic) bond motifs is 1. The lowest BCUT2D eigenvalue weighted by Gasteiger charge is -2.14. The van der Waals surface area contributed by atoms with Crippen molar-refractivity contribution in [3.63, 3.8) is 0 Å². The quantitative estimate of drug-likeness (QED) is 0.408. The van der Waals surface area contributed by atoms with E-state index in [4.69, 9.17) is 9.90 Å². The number of hydrogen-bond acceptors (Lipinski definition) is 4. The van der Waals surface area contributed by atoms with Gasteiger partial charge in [0.05, 0.1) is 28.5 Å². The second kappa shape index (κ2) is 10.6. The van der Waals surface area contributed by atoms with Gasteiger partial charge in [0.1, 0.15) is 0 Å². The Morgan fingerprint density at radius 3 is 2.47 bits per heavy atom. The Morgan fingerprint density at radius 2 is 1.81 bits per heavy atom. The van der Waals surface area contributed by atoms with Gasteiger partial charge in [0, 0.05) is 31.3 Å². The summed E-state index contributed by atoms with van der Waals surface area (Å²) < 4.78 is 36.0. The van der Waals surface area contributed by atoms with Crippen LogP contribution in [0.4, 0.5) is 13.2 Å². The van der Waals surface area contributed by atoms with Crippen molar-refractivity contribution < 1.29 is 27.9 Å². The Balaban J connectivity index is 0.000000384. The van der Waals surface area contributed by atoms with E-state index in [9.17, 15) is 18.0 Å². The Bertz CT molecular complexity index is 1340. The first-order valence-corrected chi connectivity index (χ1v) is 11.4. The highest BCUT2D eigenvalue weighted by Gasteiger charge is 2.38. The zero-order chi connectivity index (χ0) is 25.7. The van der Waals surface area contributed by atoms with Crippen LogP contribution in [-0.2, 0) is 11.3 Å². The van der Waals surface area contributed by atoms with Gasteiger partial charge in [-0.05, 0) is 48.7 Å². The minimum Gasteiger partial charge on any atom is -0.475 e. The van der Waals surface area contributed by atoms with Crippen LogP contribution < -0.4 is 5.32 Å². The fraction of sp³-hybridized carbons (Fsp3) is 0.280. The van der Waals surface area contributed by atoms with Gasteiger partial charge in [-0.1, -0.05) is 25.0 Å². The number of alkyl halides is 3. The Hall–Kier alpha value is -4.15. The highest BCUT2D eigenvalue weighted by Crippen LogP contribution is 2.34. The van der Waals surface area contributed by atoms with Crippen molar-refractivity contribution in [1.82, 2.24) is 24.5 Å². The number of hydrogen-bond donors (Lipinski definition) is 2. The monoisotopic (exact) mass is 499 g/mol. The lowest BCUT2D eigenvalue weighted by molar-refractivity contribution is -0.192. The first kappa shape index (κ1) is 25.0. The van der Waals surface area contributed by atoms with Crippen LogP contribution in [0.3, 0.4) is 0 Å². The fourth-order valence-corrected chi connectivity index (χ4v) is 4.27. The molecular formula is C25H24F3N5O3. The molecule has 1 saturated carbocycles. The number of aromatic nitrogens is 4. The average Bonchev–Trinajstić information content (AvgIpc) is 3.62. The van der Waals surface area contributed by atoms with Crippen molar-refractivity contribution in [2.75, 3.05) is 0 Å². The van der Waals surface area contributed by atoms with Crippen LogP contribution >= 0.6 is 0 Å². The number of carbonyl (C=O) groups excluding carboxylic acids is 1. The van der Waals surface area contributed by atoms with E-state index in [-0.39, 0.29) is 5.91 Å². The molecule has 4 aromatic heterocycles. The summed E-state index contributed by atoms with van der Waals surface area (Å²) >= 11 is 0. The van der Waals surface area contributed by atoms with Gasteiger partial charge >= 0.3 is 12.1 Å². The SMILES string of the molecule is O=C(NCc1cccnc1)c1cc(-c2ccnn2C2CCCC2)n2ccccc12.O=C(O)C(F)(F)F. The minimum absolute atomic E-state index is 0.0873. The van der Waals surface area contributed by atoms with Gasteiger partial charge in [-0.3, -0.25) is 14.5 Å². The summed E-state index contributed by atoms with van der Waals surface area (Å²) in [5, 5.41) is 14.8. The van der Waals surface area contributed by atoms with E-state index in [1.54, 1.807) is 12.4 Å². The van der Waals surface area contributed by atoms with Crippen molar-refractivity contribution in [2.45, 2.75) is 44.4 Å². The number of aliphatic carboxylic acids is 1. The van der Waals surface area contributed by atoms with Crippen LogP contribution in [0.15, 0.2) is 67.3 Å². The molecule has 0 saturated heterocycles. The normalized spacial score (nSPS) is 13.9. The maximum atomic E-state index is 13.0. The number of nitrogens with one attached hydrogen (secondary N) is 1. The van der Waals surface area contributed by atoms with Crippen LogP contribution in [0.5, 0.6) is 0 Å². The number of carbonyl (C=O) groups is 2. The molecule has 2 N–H and O–H groups in total. The molecule has 0 aliphatic heterocycles. The molecule has 1 amide bonds. The van der Waals surface area contributed by atoms with Crippen molar-refractivity contribution >= 4 is 17.4 Å². The van der Waals surface area contributed by atoms with Gasteiger partial charge in [-0.25, -0.2) is 4.79 Å². The van der Waals surface area contributed by atoms with E-state index in [0.29, 0.717) is 18.2 Å². The molecule has 5 rings (SSSR count). The highest BCUT2D eigenvalue weighted by molar-refractivity contribution is 6.02. The smallest absolute Gasteiger partial charge is 0.475 e. The number of carboxylic acids is 1. The molecule has 0 unspecified atom stereocenters. The zero-order valence-electron chi connectivity index (χ0n) is 19.2. The van der Waals surface area contributed by atoms with Gasteiger partial charge < -0.3 is 14.8 Å². The summed E-state index contributed by atoms with van der Waals surface area (Å²) in [4.78, 5) is 26.0. The topological polar surface area (TPSA) is 102 Å². The van der Waals surface area contributed by atoms with Gasteiger partial charge in [0.2, 0.25) is 0 Å². The van der Waals surface area contributed by atoms with Crippen LogP contribution in [0.2, 0.25) is 0 Å². The van der Waals surface area contributed by atoms with E-state index in [1.807, 2.05) is 54.9 Å². The summed E-state index contributed by atoms with van der Waals surface area (Å²) in [6.45, 7) is 0.451. The number of carboxylic acid groups (broad SMARTS) is 1. The van der Waals surface area contributed by atoms with Gasteiger partial charge in [-0.15, -0.1) is 0 Å². The van der Waals surface area contributed by atoms with Crippen molar-refractivity contribution in [2.24, 2.45) is 0 Å². The predicted molar refractivity (Wildman–Crippen MR) is 125 cm³/mol. The minimum atomic E-state index is -5.08. The molecule has 36 heavy (non-hydrogen) atoms. The molecule has 1 aliphatic rings. The first-order valence-electron chi connectivity index (χ1n) is 11.4. The molecule has 0 spiro atoms. The average molecular weight is 499 g/mol. The third-order valence-corrected chi connectivity index (χ3v) is 5.94. The summed E-state index contributed by atoms with van der Waals surface area (Å²) in [6, 6.07) is 14.2. The third-order valence-electron chi connectivity index (χ3n) is 5.94. The standard InChI is InChI=1S/C23H23N5O.C2HF3O2/c29-23(25-16-17-6-5-11-24-15-17)19-14-22(27-13-4-3-9-20(19)27)21-10-12-26-28(21)18-7-1-2-8-18;3-2(4,5)1(6)7/h3-6,9-15,18H,1-2,7-8,16H2,(H,25,29);(H,6,7). The molecule has 0 aromatic carbocycles. The van der Waals surface area contributed by atoms with E-state index in [1.165, 1.54) is 12.8 Å². The fourth-order valence-electron chi connectivity index (χ4n) is 4.27. The maximum Gasteiger partial charge on any atom is 0.490 e. The molecule has 0 atom stereocenters. The molecule has 4 heterocycles. The van der Waals surface area contributed by atoms with Crippen molar-refractivity contribution in [3.8, 4) is 11.4 Å². The molecule has 1 fully saturated rings. The largest absolute Gasteiger partial charge is 0.490 e. The molecule has 11 heteroatoms. The molecule has 188 valence electrons. The lowest BCUT2D eigenvalue weighted by Crippen LogP contribution is -2.22. The van der Waals surface area contributed by atoms with E-state index in [2.05, 4.69) is 24.5 Å². The van der Waals surface area contributed by atoms with E-state index in [0.717, 1.165) is 35.3 Å². The predicted octanol–water partition coefficient (Wildman–Crippen LogP) is 4.88. The molecule has 8 nitrogen and oxygen atoms in total. The molecule has 0 radical (unpaired) electrons. The van der Waals surface area contributed by atoms with E-state index >= 15 is 0 Å². The summed E-state index contributed by atoms with van der Waals surface area (Å²) in [7, 11) is 0. The molecule has 4 aromatic rings. The zero-order valence-corrected chi connectivity index (χ0v) is 19.2. The van der Waals surface area contributed by atoms with Gasteiger partial charge in [-0.2, -0.15) is 18.3 Å². The maximum absolute atomic E-state index is 13.0. The second-order valence-corrected chi connectivity index (χ2v) is 8.35. The van der Waals surface area contributed by atoms with Gasteiger partial charge in [0.15, 0.2) is 0 Å². The van der Waals surface area contributed by atoms with Crippen LogP contribution in [-0.4, -0.2) is 42.3 Å². The second-order valence-electron chi connectivity index (χ2n) is 8.35. The number of halogens is 3. The molecular weight excluding hydrogens is 475 g/mol. The van der Waals surface area contributed by atoms with Crippen molar-refractivity contribution in [1.29, 1.82) is 0 Å². The highest BCUT2D eigenvalue weighted by atomic mass is 19.4. The summed E-state index contributed by atoms with van der Waals surface area (Å²) in [5.41, 5.74) is 4.60. The van der Waals surface area contributed by atoms with Crippen molar-refractivity contribution in [3.05, 3.63) is 78.4 Å². The van der Waals surface area contributed by atoms with Crippen LogP contribution in [0, 0.1) is 0 Å². The number of nitrogens with zero attached hydrogens (tertiary/aromatic N) is 4.